The number of benzene rings is 2. The minimum Gasteiger partial charge on any atom is -0.490 e. The van der Waals surface area contributed by atoms with Gasteiger partial charge in [-0.3, -0.25) is 0 Å². The van der Waals surface area contributed by atoms with E-state index in [1.54, 1.807) is 0 Å². The molecule has 2 aromatic rings. The lowest BCUT2D eigenvalue weighted by atomic mass is 10.1. The first-order valence-corrected chi connectivity index (χ1v) is 11.4. The fourth-order valence-corrected chi connectivity index (χ4v) is 4.34. The molecule has 0 atom stereocenters. The summed E-state index contributed by atoms with van der Waals surface area (Å²) >= 11 is 9.64. The van der Waals surface area contributed by atoms with Gasteiger partial charge < -0.3 is 14.8 Å². The van der Waals surface area contributed by atoms with E-state index < -0.39 is 0 Å². The maximum atomic E-state index is 6.08. The van der Waals surface area contributed by atoms with E-state index in [0.717, 1.165) is 33.1 Å². The highest BCUT2D eigenvalue weighted by Crippen LogP contribution is 2.37. The van der Waals surface area contributed by atoms with Crippen LogP contribution in [0.25, 0.3) is 0 Å². The van der Waals surface area contributed by atoms with Gasteiger partial charge in [0.25, 0.3) is 0 Å². The standard InChI is InChI=1S/C23H29BrClNO2.ClH/c1-2-27-22-14-18(15-26-20-7-5-3-4-6-8-20)13-21(24)23(22)28-16-17-9-11-19(25)12-10-17;/h9-14,20,26H,2-8,15-16H2,1H3;1H. The quantitative estimate of drug-likeness (QED) is 0.383. The molecule has 29 heavy (non-hydrogen) atoms. The van der Waals surface area contributed by atoms with Crippen LogP contribution >= 0.6 is 39.9 Å². The number of hydrogen-bond acceptors (Lipinski definition) is 3. The molecule has 0 aliphatic heterocycles. The normalized spacial score (nSPS) is 14.7. The molecule has 0 radical (unpaired) electrons. The van der Waals surface area contributed by atoms with Crippen molar-refractivity contribution in [2.45, 2.75) is 64.6 Å². The van der Waals surface area contributed by atoms with Gasteiger partial charge in [0.1, 0.15) is 6.61 Å². The Balaban J connectivity index is 0.00000300. The Bertz CT molecular complexity index is 747. The average molecular weight is 503 g/mol. The molecule has 1 aliphatic carbocycles. The van der Waals surface area contributed by atoms with E-state index in [4.69, 9.17) is 21.1 Å². The van der Waals surface area contributed by atoms with Gasteiger partial charge in [-0.2, -0.15) is 0 Å². The largest absolute Gasteiger partial charge is 0.490 e. The Kier molecular flexibility index (Phi) is 10.6. The molecule has 1 saturated carbocycles. The Morgan fingerprint density at radius 3 is 2.34 bits per heavy atom. The molecule has 1 fully saturated rings. The van der Waals surface area contributed by atoms with Crippen molar-refractivity contribution in [3.63, 3.8) is 0 Å². The smallest absolute Gasteiger partial charge is 0.175 e. The summed E-state index contributed by atoms with van der Waals surface area (Å²) in [7, 11) is 0. The van der Waals surface area contributed by atoms with Crippen molar-refractivity contribution in [2.75, 3.05) is 6.61 Å². The Morgan fingerprint density at radius 1 is 1.00 bits per heavy atom. The van der Waals surface area contributed by atoms with Crippen molar-refractivity contribution in [2.24, 2.45) is 0 Å². The molecule has 0 heterocycles. The summed E-state index contributed by atoms with van der Waals surface area (Å²) < 4.78 is 12.9. The maximum absolute atomic E-state index is 6.08. The van der Waals surface area contributed by atoms with Crippen LogP contribution in [0.3, 0.4) is 0 Å². The Morgan fingerprint density at radius 2 is 1.69 bits per heavy atom. The summed E-state index contributed by atoms with van der Waals surface area (Å²) in [6.07, 6.45) is 7.98. The van der Waals surface area contributed by atoms with Gasteiger partial charge in [0.05, 0.1) is 11.1 Å². The Hall–Kier alpha value is -0.940. The highest BCUT2D eigenvalue weighted by Gasteiger charge is 2.15. The Labute approximate surface area is 194 Å². The number of ether oxygens (including phenoxy) is 2. The van der Waals surface area contributed by atoms with Crippen molar-refractivity contribution in [3.05, 3.63) is 57.0 Å². The zero-order valence-electron chi connectivity index (χ0n) is 16.9. The van der Waals surface area contributed by atoms with Crippen LogP contribution < -0.4 is 14.8 Å². The number of halogens is 3. The van der Waals surface area contributed by atoms with E-state index in [0.29, 0.717) is 19.3 Å². The van der Waals surface area contributed by atoms with Gasteiger partial charge in [0.2, 0.25) is 0 Å². The molecule has 1 aliphatic rings. The van der Waals surface area contributed by atoms with E-state index >= 15 is 0 Å². The SMILES string of the molecule is CCOc1cc(CNC2CCCCCC2)cc(Br)c1OCc1ccc(Cl)cc1.Cl. The summed E-state index contributed by atoms with van der Waals surface area (Å²) in [5.74, 6) is 1.53. The molecule has 2 aromatic carbocycles. The first kappa shape index (κ1) is 24.3. The van der Waals surface area contributed by atoms with E-state index in [2.05, 4.69) is 33.4 Å². The topological polar surface area (TPSA) is 30.5 Å². The lowest BCUT2D eigenvalue weighted by Crippen LogP contribution is -2.27. The summed E-state index contributed by atoms with van der Waals surface area (Å²) in [6, 6.07) is 12.5. The van der Waals surface area contributed by atoms with E-state index in [9.17, 15) is 0 Å². The highest BCUT2D eigenvalue weighted by molar-refractivity contribution is 9.10. The lowest BCUT2D eigenvalue weighted by Gasteiger charge is -2.19. The summed E-state index contributed by atoms with van der Waals surface area (Å²) in [5, 5.41) is 4.45. The fourth-order valence-electron chi connectivity index (χ4n) is 3.61. The predicted octanol–water partition coefficient (Wildman–Crippen LogP) is 7.31. The van der Waals surface area contributed by atoms with E-state index in [1.807, 2.05) is 31.2 Å². The zero-order chi connectivity index (χ0) is 19.8. The highest BCUT2D eigenvalue weighted by atomic mass is 79.9. The number of rotatable bonds is 8. The molecule has 1 N–H and O–H groups in total. The molecule has 0 saturated heterocycles. The second-order valence-corrected chi connectivity index (χ2v) is 8.61. The fraction of sp³-hybridized carbons (Fsp3) is 0.478. The van der Waals surface area contributed by atoms with Crippen LogP contribution in [0, 0.1) is 0 Å². The van der Waals surface area contributed by atoms with Crippen molar-refractivity contribution in [1.82, 2.24) is 5.32 Å². The monoisotopic (exact) mass is 501 g/mol. The second kappa shape index (κ2) is 12.7. The van der Waals surface area contributed by atoms with Crippen LogP contribution in [0.1, 0.15) is 56.6 Å². The molecule has 0 unspecified atom stereocenters. The average Bonchev–Trinajstić information content (AvgIpc) is 2.96. The van der Waals surface area contributed by atoms with Gasteiger partial charge in [-0.15, -0.1) is 12.4 Å². The van der Waals surface area contributed by atoms with Gasteiger partial charge >= 0.3 is 0 Å². The van der Waals surface area contributed by atoms with Gasteiger partial charge in [0.15, 0.2) is 11.5 Å². The first-order valence-electron chi connectivity index (χ1n) is 10.2. The summed E-state index contributed by atoms with van der Waals surface area (Å²) in [4.78, 5) is 0. The molecule has 0 spiro atoms. The third-order valence-electron chi connectivity index (χ3n) is 5.12. The lowest BCUT2D eigenvalue weighted by molar-refractivity contribution is 0.267. The number of hydrogen-bond donors (Lipinski definition) is 1. The van der Waals surface area contributed by atoms with E-state index in [-0.39, 0.29) is 12.4 Å². The van der Waals surface area contributed by atoms with Crippen LogP contribution in [-0.2, 0) is 13.2 Å². The molecule has 0 aromatic heterocycles. The molecule has 160 valence electrons. The summed E-state index contributed by atoms with van der Waals surface area (Å²) in [5.41, 5.74) is 2.27. The summed E-state index contributed by atoms with van der Waals surface area (Å²) in [6.45, 7) is 3.91. The first-order chi connectivity index (χ1) is 13.7. The van der Waals surface area contributed by atoms with Crippen LogP contribution in [0.4, 0.5) is 0 Å². The molecule has 0 amide bonds. The van der Waals surface area contributed by atoms with Gasteiger partial charge in [-0.25, -0.2) is 0 Å². The van der Waals surface area contributed by atoms with Crippen molar-refractivity contribution in [3.8, 4) is 11.5 Å². The van der Waals surface area contributed by atoms with Crippen molar-refractivity contribution in [1.29, 1.82) is 0 Å². The molecule has 0 bridgehead atoms. The molecular formula is C23H30BrCl2NO2. The van der Waals surface area contributed by atoms with Gasteiger partial charge in [-0.05, 0) is 71.1 Å². The third-order valence-corrected chi connectivity index (χ3v) is 5.96. The maximum Gasteiger partial charge on any atom is 0.175 e. The van der Waals surface area contributed by atoms with Crippen LogP contribution in [0.5, 0.6) is 11.5 Å². The van der Waals surface area contributed by atoms with Gasteiger partial charge in [-0.1, -0.05) is 49.4 Å². The second-order valence-electron chi connectivity index (χ2n) is 7.32. The van der Waals surface area contributed by atoms with Crippen LogP contribution in [0.15, 0.2) is 40.9 Å². The molecule has 3 nitrogen and oxygen atoms in total. The van der Waals surface area contributed by atoms with E-state index in [1.165, 1.54) is 44.1 Å². The minimum atomic E-state index is 0. The zero-order valence-corrected chi connectivity index (χ0v) is 20.0. The molecular weight excluding hydrogens is 473 g/mol. The van der Waals surface area contributed by atoms with Gasteiger partial charge in [0, 0.05) is 17.6 Å². The van der Waals surface area contributed by atoms with Crippen molar-refractivity contribution >= 4 is 39.9 Å². The minimum absolute atomic E-state index is 0. The molecule has 3 rings (SSSR count). The third kappa shape index (κ3) is 7.67. The number of nitrogens with one attached hydrogen (secondary N) is 1. The van der Waals surface area contributed by atoms with Crippen LogP contribution in [-0.4, -0.2) is 12.6 Å². The predicted molar refractivity (Wildman–Crippen MR) is 127 cm³/mol. The van der Waals surface area contributed by atoms with Crippen LogP contribution in [0.2, 0.25) is 5.02 Å². The molecule has 6 heteroatoms. The van der Waals surface area contributed by atoms with Crippen molar-refractivity contribution < 1.29 is 9.47 Å².